The topological polar surface area (TPSA) is 54.7 Å². The molecular weight excluding hydrogens is 340 g/mol. The highest BCUT2D eigenvalue weighted by Gasteiger charge is 2.25. The zero-order valence-electron chi connectivity index (χ0n) is 16.1. The van der Waals surface area contributed by atoms with Gasteiger partial charge in [0.1, 0.15) is 12.8 Å². The smallest absolute Gasteiger partial charge is 0.147 e. The molecule has 27 heavy (non-hydrogen) atoms. The van der Waals surface area contributed by atoms with E-state index in [4.69, 9.17) is 14.2 Å². The Bertz CT molecular complexity index is 631. The summed E-state index contributed by atoms with van der Waals surface area (Å²) in [5, 5.41) is 9.83. The minimum absolute atomic E-state index is 0.146. The Morgan fingerprint density at radius 1 is 0.926 bits per heavy atom. The molecule has 0 unspecified atom stereocenters. The number of nitrogens with zero attached hydrogens (tertiary/aromatic N) is 2. The molecule has 2 rings (SSSR count). The van der Waals surface area contributed by atoms with E-state index < -0.39 is 6.04 Å². The first kappa shape index (κ1) is 21.1. The van der Waals surface area contributed by atoms with Crippen molar-refractivity contribution in [3.8, 4) is 6.07 Å². The monoisotopic (exact) mass is 368 g/mol. The fourth-order valence-corrected chi connectivity index (χ4v) is 2.82. The molecule has 5 heteroatoms. The molecule has 0 aromatic heterocycles. The van der Waals surface area contributed by atoms with Crippen LogP contribution in [0.15, 0.2) is 60.7 Å². The summed E-state index contributed by atoms with van der Waals surface area (Å²) < 4.78 is 16.1. The summed E-state index contributed by atoms with van der Waals surface area (Å²) in [5.74, 6) is 0. The summed E-state index contributed by atoms with van der Waals surface area (Å²) >= 11 is 0. The standard InChI is InChI=1S/C22H28N2O3/c1-19(27-18-26-14-13-25-2)22(15-23)24(16-20-9-5-3-6-10-20)17-21-11-7-4-8-12-21/h3-12,19,22H,13-14,16-18H2,1-2H3/t19-,22-/m0/s1. The van der Waals surface area contributed by atoms with Crippen LogP contribution in [0.5, 0.6) is 0 Å². The predicted octanol–water partition coefficient (Wildman–Crippen LogP) is 3.61. The second kappa shape index (κ2) is 12.2. The summed E-state index contributed by atoms with van der Waals surface area (Å²) in [6.07, 6.45) is -0.287. The third-order valence-corrected chi connectivity index (χ3v) is 4.27. The number of hydrogen-bond donors (Lipinski definition) is 0. The highest BCUT2D eigenvalue weighted by molar-refractivity contribution is 5.18. The van der Waals surface area contributed by atoms with Gasteiger partial charge in [0.2, 0.25) is 0 Å². The van der Waals surface area contributed by atoms with E-state index in [1.165, 1.54) is 0 Å². The van der Waals surface area contributed by atoms with Crippen molar-refractivity contribution in [1.82, 2.24) is 4.90 Å². The maximum Gasteiger partial charge on any atom is 0.147 e. The van der Waals surface area contributed by atoms with Crippen molar-refractivity contribution in [3.05, 3.63) is 71.8 Å². The minimum atomic E-state index is -0.392. The summed E-state index contributed by atoms with van der Waals surface area (Å²) in [6.45, 7) is 4.40. The molecule has 5 nitrogen and oxygen atoms in total. The van der Waals surface area contributed by atoms with Crippen LogP contribution >= 0.6 is 0 Å². The van der Waals surface area contributed by atoms with Crippen LogP contribution < -0.4 is 0 Å². The quantitative estimate of drug-likeness (QED) is 0.423. The lowest BCUT2D eigenvalue weighted by atomic mass is 10.1. The van der Waals surface area contributed by atoms with Crippen molar-refractivity contribution in [3.63, 3.8) is 0 Å². The lowest BCUT2D eigenvalue weighted by Gasteiger charge is -2.31. The Kier molecular flexibility index (Phi) is 9.53. The predicted molar refractivity (Wildman–Crippen MR) is 105 cm³/mol. The molecule has 0 saturated carbocycles. The van der Waals surface area contributed by atoms with Gasteiger partial charge in [-0.25, -0.2) is 0 Å². The van der Waals surface area contributed by atoms with Crippen molar-refractivity contribution in [1.29, 1.82) is 5.26 Å². The summed E-state index contributed by atoms with van der Waals surface area (Å²) in [6, 6.07) is 22.4. The second-order valence-corrected chi connectivity index (χ2v) is 6.34. The molecule has 0 aliphatic carbocycles. The molecule has 0 aliphatic heterocycles. The van der Waals surface area contributed by atoms with E-state index in [1.807, 2.05) is 43.3 Å². The number of ether oxygens (including phenoxy) is 3. The SMILES string of the molecule is COCCOCO[C@@H](C)[C@H](C#N)N(Cc1ccccc1)Cc1ccccc1. The first-order valence-corrected chi connectivity index (χ1v) is 9.14. The van der Waals surface area contributed by atoms with E-state index in [-0.39, 0.29) is 12.9 Å². The van der Waals surface area contributed by atoms with Crippen LogP contribution in [0.3, 0.4) is 0 Å². The Hall–Kier alpha value is -2.23. The fraction of sp³-hybridized carbons (Fsp3) is 0.409. The van der Waals surface area contributed by atoms with E-state index in [2.05, 4.69) is 35.2 Å². The van der Waals surface area contributed by atoms with Gasteiger partial charge >= 0.3 is 0 Å². The van der Waals surface area contributed by atoms with Crippen LogP contribution in [0, 0.1) is 11.3 Å². The van der Waals surface area contributed by atoms with E-state index in [9.17, 15) is 5.26 Å². The molecule has 0 aliphatic rings. The molecule has 0 fully saturated rings. The molecule has 2 aromatic carbocycles. The maximum absolute atomic E-state index is 9.83. The number of hydrogen-bond acceptors (Lipinski definition) is 5. The minimum Gasteiger partial charge on any atom is -0.382 e. The van der Waals surface area contributed by atoms with Gasteiger partial charge in [-0.1, -0.05) is 60.7 Å². The van der Waals surface area contributed by atoms with Gasteiger partial charge in [-0.2, -0.15) is 5.26 Å². The van der Waals surface area contributed by atoms with Crippen LogP contribution in [0.4, 0.5) is 0 Å². The van der Waals surface area contributed by atoms with Gasteiger partial charge in [0.15, 0.2) is 0 Å². The van der Waals surface area contributed by atoms with Gasteiger partial charge < -0.3 is 14.2 Å². The van der Waals surface area contributed by atoms with Crippen LogP contribution in [0.2, 0.25) is 0 Å². The Balaban J connectivity index is 2.05. The molecular formula is C22H28N2O3. The van der Waals surface area contributed by atoms with Crippen molar-refractivity contribution in [2.24, 2.45) is 0 Å². The van der Waals surface area contributed by atoms with Crippen molar-refractivity contribution in [2.75, 3.05) is 27.1 Å². The number of nitriles is 1. The fourth-order valence-electron chi connectivity index (χ4n) is 2.82. The first-order valence-electron chi connectivity index (χ1n) is 9.14. The molecule has 0 bridgehead atoms. The van der Waals surface area contributed by atoms with Crippen LogP contribution in [0.25, 0.3) is 0 Å². The zero-order chi connectivity index (χ0) is 19.3. The number of benzene rings is 2. The maximum atomic E-state index is 9.83. The lowest BCUT2D eigenvalue weighted by molar-refractivity contribution is -0.108. The number of rotatable bonds is 12. The average molecular weight is 368 g/mol. The van der Waals surface area contributed by atoms with E-state index in [0.29, 0.717) is 26.3 Å². The van der Waals surface area contributed by atoms with Crippen LogP contribution in [-0.4, -0.2) is 44.2 Å². The van der Waals surface area contributed by atoms with Crippen molar-refractivity contribution < 1.29 is 14.2 Å². The van der Waals surface area contributed by atoms with Gasteiger partial charge in [0, 0.05) is 20.2 Å². The van der Waals surface area contributed by atoms with Crippen molar-refractivity contribution in [2.45, 2.75) is 32.2 Å². The summed E-state index contributed by atoms with van der Waals surface area (Å²) in [5.41, 5.74) is 2.33. The van der Waals surface area contributed by atoms with Crippen LogP contribution in [-0.2, 0) is 27.3 Å². The third kappa shape index (κ3) is 7.49. The highest BCUT2D eigenvalue weighted by atomic mass is 16.7. The highest BCUT2D eigenvalue weighted by Crippen LogP contribution is 2.17. The van der Waals surface area contributed by atoms with Gasteiger partial charge in [0.25, 0.3) is 0 Å². The molecule has 0 amide bonds. The van der Waals surface area contributed by atoms with Gasteiger partial charge in [0.05, 0.1) is 25.4 Å². The lowest BCUT2D eigenvalue weighted by Crippen LogP contribution is -2.42. The normalized spacial score (nSPS) is 13.3. The Morgan fingerprint density at radius 2 is 1.48 bits per heavy atom. The average Bonchev–Trinajstić information content (AvgIpc) is 2.70. The molecule has 2 atom stereocenters. The molecule has 2 aromatic rings. The second-order valence-electron chi connectivity index (χ2n) is 6.34. The number of methoxy groups -OCH3 is 1. The van der Waals surface area contributed by atoms with Crippen LogP contribution in [0.1, 0.15) is 18.1 Å². The van der Waals surface area contributed by atoms with Gasteiger partial charge in [-0.3, -0.25) is 4.90 Å². The van der Waals surface area contributed by atoms with E-state index in [1.54, 1.807) is 7.11 Å². The van der Waals surface area contributed by atoms with Crippen molar-refractivity contribution >= 4 is 0 Å². The zero-order valence-corrected chi connectivity index (χ0v) is 16.1. The molecule has 0 heterocycles. The first-order chi connectivity index (χ1) is 13.2. The van der Waals surface area contributed by atoms with E-state index >= 15 is 0 Å². The molecule has 0 saturated heterocycles. The van der Waals surface area contributed by atoms with Gasteiger partial charge in [-0.05, 0) is 18.1 Å². The Morgan fingerprint density at radius 3 is 1.96 bits per heavy atom. The van der Waals surface area contributed by atoms with E-state index in [0.717, 1.165) is 11.1 Å². The Labute approximate surface area is 162 Å². The van der Waals surface area contributed by atoms with Gasteiger partial charge in [-0.15, -0.1) is 0 Å². The molecule has 0 radical (unpaired) electrons. The molecule has 0 spiro atoms. The third-order valence-electron chi connectivity index (χ3n) is 4.27. The summed E-state index contributed by atoms with van der Waals surface area (Å²) in [7, 11) is 1.63. The molecule has 0 N–H and O–H groups in total. The summed E-state index contributed by atoms with van der Waals surface area (Å²) in [4.78, 5) is 2.14. The largest absolute Gasteiger partial charge is 0.382 e. The molecule has 144 valence electrons.